The van der Waals surface area contributed by atoms with E-state index in [4.69, 9.17) is 15.0 Å². The van der Waals surface area contributed by atoms with Crippen LogP contribution in [0.1, 0.15) is 32.5 Å². The molecule has 0 bridgehead atoms. The average molecular weight is 279 g/mol. The van der Waals surface area contributed by atoms with Crippen molar-refractivity contribution in [3.63, 3.8) is 0 Å². The Kier molecular flexibility index (Phi) is 8.10. The van der Waals surface area contributed by atoms with Crippen LogP contribution in [0.4, 0.5) is 0 Å². The maximum Gasteiger partial charge on any atom is 0.240 e. The second-order valence-corrected chi connectivity index (χ2v) is 4.38. The number of nitrogens with zero attached hydrogens (tertiary/aromatic N) is 3. The van der Waals surface area contributed by atoms with Gasteiger partial charge < -0.3 is 15.0 Å². The van der Waals surface area contributed by atoms with Crippen LogP contribution in [-0.2, 0) is 17.8 Å². The molecule has 18 heavy (non-hydrogen) atoms. The van der Waals surface area contributed by atoms with Gasteiger partial charge in [-0.25, -0.2) is 0 Å². The molecule has 0 saturated heterocycles. The molecule has 0 fully saturated rings. The molecule has 0 spiro atoms. The first-order valence-corrected chi connectivity index (χ1v) is 5.85. The number of hydrogen-bond donors (Lipinski definition) is 1. The van der Waals surface area contributed by atoms with Crippen LogP contribution < -0.4 is 5.73 Å². The molecule has 1 aromatic heterocycles. The molecule has 1 atom stereocenters. The van der Waals surface area contributed by atoms with Gasteiger partial charge in [0.25, 0.3) is 0 Å². The van der Waals surface area contributed by atoms with E-state index in [1.165, 1.54) is 0 Å². The van der Waals surface area contributed by atoms with E-state index < -0.39 is 0 Å². The molecule has 7 heteroatoms. The Labute approximate surface area is 114 Å². The molecular weight excluding hydrogens is 256 g/mol. The van der Waals surface area contributed by atoms with Gasteiger partial charge in [0.15, 0.2) is 5.82 Å². The van der Waals surface area contributed by atoms with E-state index in [1.54, 1.807) is 7.11 Å². The summed E-state index contributed by atoms with van der Waals surface area (Å²) in [4.78, 5) is 6.43. The van der Waals surface area contributed by atoms with E-state index in [1.807, 2.05) is 6.92 Å². The standard InChI is InChI=1S/C11H22N4O2.ClH/c1-8(2)15(6-9(3)16-4)7-10-13-11(5-12)17-14-10;/h8-9H,5-7,12H2,1-4H3;1H. The predicted octanol–water partition coefficient (Wildman–Crippen LogP) is 1.20. The first kappa shape index (κ1) is 17.3. The third-order valence-electron chi connectivity index (χ3n) is 2.65. The van der Waals surface area contributed by atoms with Crippen LogP contribution in [-0.4, -0.2) is 40.8 Å². The number of methoxy groups -OCH3 is 1. The molecule has 0 amide bonds. The fraction of sp³-hybridized carbons (Fsp3) is 0.818. The molecule has 106 valence electrons. The van der Waals surface area contributed by atoms with Gasteiger partial charge in [-0.1, -0.05) is 5.16 Å². The van der Waals surface area contributed by atoms with Gasteiger partial charge in [-0.2, -0.15) is 4.98 Å². The molecule has 0 radical (unpaired) electrons. The Balaban J connectivity index is 0.00000289. The zero-order chi connectivity index (χ0) is 12.8. The second-order valence-electron chi connectivity index (χ2n) is 4.38. The van der Waals surface area contributed by atoms with E-state index in [2.05, 4.69) is 28.9 Å². The molecule has 0 aliphatic carbocycles. The molecule has 6 nitrogen and oxygen atoms in total. The summed E-state index contributed by atoms with van der Waals surface area (Å²) in [5.74, 6) is 1.14. The minimum Gasteiger partial charge on any atom is -0.380 e. The van der Waals surface area contributed by atoms with E-state index in [-0.39, 0.29) is 25.1 Å². The molecule has 0 aliphatic heterocycles. The number of halogens is 1. The lowest BCUT2D eigenvalue weighted by Gasteiger charge is -2.27. The maximum absolute atomic E-state index is 5.43. The van der Waals surface area contributed by atoms with Gasteiger partial charge in [0.05, 0.1) is 19.2 Å². The van der Waals surface area contributed by atoms with Crippen LogP contribution in [0.3, 0.4) is 0 Å². The van der Waals surface area contributed by atoms with Crippen molar-refractivity contribution in [3.8, 4) is 0 Å². The Morgan fingerprint density at radius 2 is 2.06 bits per heavy atom. The van der Waals surface area contributed by atoms with Gasteiger partial charge in [-0.3, -0.25) is 4.90 Å². The quantitative estimate of drug-likeness (QED) is 0.807. The van der Waals surface area contributed by atoms with Gasteiger partial charge in [0.1, 0.15) is 0 Å². The Morgan fingerprint density at radius 1 is 1.39 bits per heavy atom. The summed E-state index contributed by atoms with van der Waals surface area (Å²) in [6, 6.07) is 0.396. The van der Waals surface area contributed by atoms with Crippen LogP contribution in [0.2, 0.25) is 0 Å². The maximum atomic E-state index is 5.43. The lowest BCUT2D eigenvalue weighted by molar-refractivity contribution is 0.0608. The van der Waals surface area contributed by atoms with Crippen LogP contribution in [0.5, 0.6) is 0 Å². The molecule has 1 heterocycles. The van der Waals surface area contributed by atoms with Crippen LogP contribution in [0.15, 0.2) is 4.52 Å². The van der Waals surface area contributed by atoms with Crippen molar-refractivity contribution in [2.24, 2.45) is 5.73 Å². The highest BCUT2D eigenvalue weighted by molar-refractivity contribution is 5.85. The number of rotatable bonds is 7. The summed E-state index contributed by atoms with van der Waals surface area (Å²) in [5.41, 5.74) is 5.43. The first-order valence-electron chi connectivity index (χ1n) is 5.85. The van der Waals surface area contributed by atoms with Gasteiger partial charge in [0.2, 0.25) is 5.89 Å². The summed E-state index contributed by atoms with van der Waals surface area (Å²) in [6.07, 6.45) is 0.179. The summed E-state index contributed by atoms with van der Waals surface area (Å²) < 4.78 is 10.3. The number of nitrogens with two attached hydrogens (primary N) is 1. The Morgan fingerprint density at radius 3 is 2.50 bits per heavy atom. The number of aromatic nitrogens is 2. The SMILES string of the molecule is COC(C)CN(Cc1noc(CN)n1)C(C)C.Cl. The summed E-state index contributed by atoms with van der Waals surface area (Å²) in [5, 5.41) is 3.89. The lowest BCUT2D eigenvalue weighted by atomic mass is 10.2. The first-order chi connectivity index (χ1) is 8.06. The highest BCUT2D eigenvalue weighted by atomic mass is 35.5. The van der Waals surface area contributed by atoms with Crippen molar-refractivity contribution in [2.75, 3.05) is 13.7 Å². The van der Waals surface area contributed by atoms with Gasteiger partial charge in [0, 0.05) is 19.7 Å². The Hall–Kier alpha value is -0.690. The van der Waals surface area contributed by atoms with Gasteiger partial charge >= 0.3 is 0 Å². The van der Waals surface area contributed by atoms with Crippen molar-refractivity contribution in [3.05, 3.63) is 11.7 Å². The van der Waals surface area contributed by atoms with Crippen molar-refractivity contribution >= 4 is 12.4 Å². The van der Waals surface area contributed by atoms with E-state index in [9.17, 15) is 0 Å². The summed E-state index contributed by atoms with van der Waals surface area (Å²) in [6.45, 7) is 8.06. The largest absolute Gasteiger partial charge is 0.380 e. The molecular formula is C11H23ClN4O2. The van der Waals surface area contributed by atoms with Gasteiger partial charge in [-0.15, -0.1) is 12.4 Å². The second kappa shape index (κ2) is 8.42. The monoisotopic (exact) mass is 278 g/mol. The fourth-order valence-electron chi connectivity index (χ4n) is 1.48. The van der Waals surface area contributed by atoms with Crippen LogP contribution in [0, 0.1) is 0 Å². The molecule has 1 unspecified atom stereocenters. The topological polar surface area (TPSA) is 77.4 Å². The molecule has 1 aromatic rings. The third-order valence-corrected chi connectivity index (χ3v) is 2.65. The third kappa shape index (κ3) is 5.30. The molecule has 1 rings (SSSR count). The smallest absolute Gasteiger partial charge is 0.240 e. The fourth-order valence-corrected chi connectivity index (χ4v) is 1.48. The summed E-state index contributed by atoms with van der Waals surface area (Å²) in [7, 11) is 1.71. The molecule has 0 saturated carbocycles. The van der Waals surface area contributed by atoms with Crippen molar-refractivity contribution in [1.82, 2.24) is 15.0 Å². The highest BCUT2D eigenvalue weighted by Gasteiger charge is 2.16. The zero-order valence-electron chi connectivity index (χ0n) is 11.4. The number of hydrogen-bond acceptors (Lipinski definition) is 6. The molecule has 0 aliphatic rings. The lowest BCUT2D eigenvalue weighted by Crippen LogP contribution is -2.37. The van der Waals surface area contributed by atoms with E-state index >= 15 is 0 Å². The zero-order valence-corrected chi connectivity index (χ0v) is 12.2. The van der Waals surface area contributed by atoms with Crippen molar-refractivity contribution in [2.45, 2.75) is 46.0 Å². The number of ether oxygens (including phenoxy) is 1. The highest BCUT2D eigenvalue weighted by Crippen LogP contribution is 2.07. The molecule has 2 N–H and O–H groups in total. The van der Waals surface area contributed by atoms with Crippen LogP contribution in [0.25, 0.3) is 0 Å². The Bertz CT molecular complexity index is 333. The minimum atomic E-state index is 0. The predicted molar refractivity (Wildman–Crippen MR) is 71.5 cm³/mol. The van der Waals surface area contributed by atoms with E-state index in [0.717, 1.165) is 6.54 Å². The van der Waals surface area contributed by atoms with E-state index in [0.29, 0.717) is 24.3 Å². The molecule has 0 aromatic carbocycles. The van der Waals surface area contributed by atoms with Gasteiger partial charge in [-0.05, 0) is 20.8 Å². The van der Waals surface area contributed by atoms with Crippen LogP contribution >= 0.6 is 12.4 Å². The summed E-state index contributed by atoms with van der Waals surface area (Å²) >= 11 is 0. The minimum absolute atomic E-state index is 0. The normalized spacial score (nSPS) is 12.8. The van der Waals surface area contributed by atoms with Crippen molar-refractivity contribution in [1.29, 1.82) is 0 Å². The van der Waals surface area contributed by atoms with Crippen molar-refractivity contribution < 1.29 is 9.26 Å². The average Bonchev–Trinajstić information content (AvgIpc) is 2.75.